The van der Waals surface area contributed by atoms with E-state index in [1.54, 1.807) is 0 Å². The van der Waals surface area contributed by atoms with Crippen LogP contribution < -0.4 is 5.73 Å². The van der Waals surface area contributed by atoms with Crippen LogP contribution in [0.4, 0.5) is 5.69 Å². The molecule has 1 rings (SSSR count). The Morgan fingerprint density at radius 3 is 2.64 bits per heavy atom. The first-order valence-corrected chi connectivity index (χ1v) is 3.74. The second-order valence-electron chi connectivity index (χ2n) is 2.62. The van der Waals surface area contributed by atoms with Crippen LogP contribution in [0.5, 0.6) is 0 Å². The number of aliphatic hydroxyl groups excluding tert-OH is 1. The van der Waals surface area contributed by atoms with Crippen molar-refractivity contribution in [1.29, 1.82) is 0 Å². The fourth-order valence-corrected chi connectivity index (χ4v) is 1.05. The van der Waals surface area contributed by atoms with Gasteiger partial charge in [-0.05, 0) is 11.6 Å². The predicted octanol–water partition coefficient (Wildman–Crippen LogP) is 0.186. The van der Waals surface area contributed by atoms with Gasteiger partial charge in [0.05, 0.1) is 17.1 Å². The van der Waals surface area contributed by atoms with Gasteiger partial charge in [0.25, 0.3) is 5.69 Å². The standard InChI is InChI=1S/C8H8N2O4/c9-8(12)7-3-6(10(13)14)2-1-5(7)4-11/h1-3,11H,4H2,(H2,9,12). The van der Waals surface area contributed by atoms with E-state index in [0.29, 0.717) is 0 Å². The lowest BCUT2D eigenvalue weighted by Crippen LogP contribution is -2.14. The Kier molecular flexibility index (Phi) is 2.78. The zero-order valence-corrected chi connectivity index (χ0v) is 7.14. The number of rotatable bonds is 3. The number of hydrogen-bond donors (Lipinski definition) is 2. The summed E-state index contributed by atoms with van der Waals surface area (Å²) in [5.74, 6) is -0.794. The SMILES string of the molecule is NC(=O)c1cc([N+](=O)[O-])ccc1CO. The van der Waals surface area contributed by atoms with Gasteiger partial charge in [0, 0.05) is 12.1 Å². The highest BCUT2D eigenvalue weighted by Gasteiger charge is 2.13. The second kappa shape index (κ2) is 3.84. The number of nitro groups is 1. The van der Waals surface area contributed by atoms with Gasteiger partial charge >= 0.3 is 0 Å². The second-order valence-corrected chi connectivity index (χ2v) is 2.62. The molecule has 0 fully saturated rings. The highest BCUT2D eigenvalue weighted by Crippen LogP contribution is 2.17. The van der Waals surface area contributed by atoms with E-state index in [1.165, 1.54) is 12.1 Å². The Bertz CT molecular complexity index is 389. The molecule has 0 unspecified atom stereocenters. The number of hydrogen-bond acceptors (Lipinski definition) is 4. The van der Waals surface area contributed by atoms with Gasteiger partial charge in [-0.3, -0.25) is 14.9 Å². The number of non-ortho nitro benzene ring substituents is 1. The number of aliphatic hydroxyl groups is 1. The van der Waals surface area contributed by atoms with Crippen molar-refractivity contribution in [3.8, 4) is 0 Å². The molecule has 0 bridgehead atoms. The molecule has 0 spiro atoms. The molecule has 1 aromatic rings. The van der Waals surface area contributed by atoms with E-state index in [2.05, 4.69) is 0 Å². The van der Waals surface area contributed by atoms with Gasteiger partial charge in [0.2, 0.25) is 5.91 Å². The minimum atomic E-state index is -0.794. The summed E-state index contributed by atoms with van der Waals surface area (Å²) in [6.07, 6.45) is 0. The van der Waals surface area contributed by atoms with Crippen molar-refractivity contribution >= 4 is 11.6 Å². The normalized spacial score (nSPS) is 9.79. The van der Waals surface area contributed by atoms with Crippen molar-refractivity contribution in [2.75, 3.05) is 0 Å². The predicted molar refractivity (Wildman–Crippen MR) is 47.5 cm³/mol. The molecule has 0 saturated heterocycles. The average Bonchev–Trinajstić information content (AvgIpc) is 2.16. The number of carbonyl (C=O) groups excluding carboxylic acids is 1. The monoisotopic (exact) mass is 196 g/mol. The highest BCUT2D eigenvalue weighted by molar-refractivity contribution is 5.94. The first-order valence-electron chi connectivity index (χ1n) is 3.74. The Morgan fingerprint density at radius 1 is 1.57 bits per heavy atom. The smallest absolute Gasteiger partial charge is 0.270 e. The molecule has 3 N–H and O–H groups in total. The zero-order valence-electron chi connectivity index (χ0n) is 7.14. The lowest BCUT2D eigenvalue weighted by molar-refractivity contribution is -0.384. The third-order valence-corrected chi connectivity index (χ3v) is 1.74. The first kappa shape index (κ1) is 10.1. The van der Waals surface area contributed by atoms with Crippen molar-refractivity contribution in [3.63, 3.8) is 0 Å². The molecule has 0 saturated carbocycles. The summed E-state index contributed by atoms with van der Waals surface area (Å²) in [6.45, 7) is -0.379. The molecule has 6 heteroatoms. The Balaban J connectivity index is 3.27. The van der Waals surface area contributed by atoms with E-state index in [4.69, 9.17) is 10.8 Å². The lowest BCUT2D eigenvalue weighted by atomic mass is 10.1. The highest BCUT2D eigenvalue weighted by atomic mass is 16.6. The number of benzene rings is 1. The summed E-state index contributed by atoms with van der Waals surface area (Å²) in [5, 5.41) is 19.2. The number of nitro benzene ring substituents is 1. The van der Waals surface area contributed by atoms with E-state index >= 15 is 0 Å². The molecule has 0 radical (unpaired) electrons. The van der Waals surface area contributed by atoms with Crippen LogP contribution >= 0.6 is 0 Å². The molecule has 0 aromatic heterocycles. The zero-order chi connectivity index (χ0) is 10.7. The topological polar surface area (TPSA) is 106 Å². The number of carbonyl (C=O) groups is 1. The fraction of sp³-hybridized carbons (Fsp3) is 0.125. The number of primary amides is 1. The Morgan fingerprint density at radius 2 is 2.21 bits per heavy atom. The van der Waals surface area contributed by atoms with E-state index in [-0.39, 0.29) is 23.4 Å². The largest absolute Gasteiger partial charge is 0.392 e. The van der Waals surface area contributed by atoms with Crippen molar-refractivity contribution in [3.05, 3.63) is 39.4 Å². The minimum Gasteiger partial charge on any atom is -0.392 e. The van der Waals surface area contributed by atoms with E-state index in [1.807, 2.05) is 0 Å². The van der Waals surface area contributed by atoms with Crippen LogP contribution in [0.2, 0.25) is 0 Å². The maximum atomic E-state index is 10.8. The maximum absolute atomic E-state index is 10.8. The summed E-state index contributed by atoms with van der Waals surface area (Å²) in [4.78, 5) is 20.6. The van der Waals surface area contributed by atoms with Crippen LogP contribution in [0.3, 0.4) is 0 Å². The van der Waals surface area contributed by atoms with E-state index in [0.717, 1.165) is 6.07 Å². The summed E-state index contributed by atoms with van der Waals surface area (Å²) >= 11 is 0. The number of amides is 1. The summed E-state index contributed by atoms with van der Waals surface area (Å²) in [5.41, 5.74) is 5.02. The van der Waals surface area contributed by atoms with Crippen molar-refractivity contribution < 1.29 is 14.8 Å². The van der Waals surface area contributed by atoms with Crippen LogP contribution in [0, 0.1) is 10.1 Å². The van der Waals surface area contributed by atoms with Gasteiger partial charge < -0.3 is 10.8 Å². The molecule has 0 heterocycles. The molecular formula is C8H8N2O4. The molecule has 6 nitrogen and oxygen atoms in total. The summed E-state index contributed by atoms with van der Waals surface area (Å²) in [7, 11) is 0. The fourth-order valence-electron chi connectivity index (χ4n) is 1.05. The molecule has 1 aromatic carbocycles. The van der Waals surface area contributed by atoms with Crippen LogP contribution in [0.1, 0.15) is 15.9 Å². The van der Waals surface area contributed by atoms with Crippen molar-refractivity contribution in [2.24, 2.45) is 5.73 Å². The summed E-state index contributed by atoms with van der Waals surface area (Å²) < 4.78 is 0. The van der Waals surface area contributed by atoms with Gasteiger partial charge in [-0.25, -0.2) is 0 Å². The van der Waals surface area contributed by atoms with Gasteiger partial charge in [-0.15, -0.1) is 0 Å². The average molecular weight is 196 g/mol. The van der Waals surface area contributed by atoms with E-state index in [9.17, 15) is 14.9 Å². The molecule has 0 aliphatic heterocycles. The maximum Gasteiger partial charge on any atom is 0.270 e. The Hall–Kier alpha value is -1.95. The Labute approximate surface area is 79.1 Å². The summed E-state index contributed by atoms with van der Waals surface area (Å²) in [6, 6.07) is 3.56. The van der Waals surface area contributed by atoms with Crippen LogP contribution in [0.25, 0.3) is 0 Å². The third-order valence-electron chi connectivity index (χ3n) is 1.74. The molecule has 0 atom stereocenters. The molecule has 0 aliphatic rings. The van der Waals surface area contributed by atoms with Gasteiger partial charge in [-0.1, -0.05) is 0 Å². The van der Waals surface area contributed by atoms with Crippen molar-refractivity contribution in [1.82, 2.24) is 0 Å². The molecule has 0 aliphatic carbocycles. The molecule has 1 amide bonds. The lowest BCUT2D eigenvalue weighted by Gasteiger charge is -2.02. The molecule has 74 valence electrons. The van der Waals surface area contributed by atoms with Crippen LogP contribution in [-0.4, -0.2) is 15.9 Å². The van der Waals surface area contributed by atoms with E-state index < -0.39 is 10.8 Å². The quantitative estimate of drug-likeness (QED) is 0.531. The third kappa shape index (κ3) is 1.86. The molecular weight excluding hydrogens is 188 g/mol. The van der Waals surface area contributed by atoms with Gasteiger partial charge in [0.1, 0.15) is 0 Å². The minimum absolute atomic E-state index is 0.0262. The van der Waals surface area contributed by atoms with Crippen molar-refractivity contribution in [2.45, 2.75) is 6.61 Å². The van der Waals surface area contributed by atoms with Crippen LogP contribution in [0.15, 0.2) is 18.2 Å². The molecule has 14 heavy (non-hydrogen) atoms. The first-order chi connectivity index (χ1) is 6.56. The number of nitrogens with two attached hydrogens (primary N) is 1. The van der Waals surface area contributed by atoms with Crippen LogP contribution in [-0.2, 0) is 6.61 Å². The number of nitrogens with zero attached hydrogens (tertiary/aromatic N) is 1. The van der Waals surface area contributed by atoms with Gasteiger partial charge in [-0.2, -0.15) is 0 Å². The van der Waals surface area contributed by atoms with Gasteiger partial charge in [0.15, 0.2) is 0 Å².